The maximum absolute atomic E-state index is 12.4. The fraction of sp³-hybridized carbons (Fsp3) is 0.833. The summed E-state index contributed by atoms with van der Waals surface area (Å²) >= 11 is 0. The standard InChI is InChI=1S/C12H21N2O8P/c15-7-1-9(11(17)18)13(3-7)5-23(21,22)6-14-4-8(16)2-10(14)12(19)20/h7-10,15-16H,1-6H2,(H,17,18)(H,19,20)(H,21,22)/t7-,8-,9+,10+/m0/s1. The van der Waals surface area contributed by atoms with E-state index >= 15 is 0 Å². The van der Waals surface area contributed by atoms with Crippen LogP contribution in [0.15, 0.2) is 0 Å². The quantitative estimate of drug-likeness (QED) is 0.346. The van der Waals surface area contributed by atoms with Gasteiger partial charge in [0.1, 0.15) is 12.1 Å². The first-order chi connectivity index (χ1) is 10.6. The van der Waals surface area contributed by atoms with Crippen LogP contribution in [-0.2, 0) is 14.2 Å². The number of aliphatic carboxylic acids is 2. The lowest BCUT2D eigenvalue weighted by Crippen LogP contribution is -2.40. The van der Waals surface area contributed by atoms with E-state index in [1.54, 1.807) is 0 Å². The summed E-state index contributed by atoms with van der Waals surface area (Å²) in [5, 5.41) is 37.3. The minimum absolute atomic E-state index is 0.0183. The van der Waals surface area contributed by atoms with Crippen LogP contribution in [0.2, 0.25) is 0 Å². The average Bonchev–Trinajstić information content (AvgIpc) is 2.91. The largest absolute Gasteiger partial charge is 0.480 e. The van der Waals surface area contributed by atoms with E-state index in [-0.39, 0.29) is 25.9 Å². The number of β-amino-alcohol motifs (C(OH)–C–C–N with tert-alkyl or cyclic N) is 2. The van der Waals surface area contributed by atoms with Crippen LogP contribution >= 0.6 is 7.37 Å². The maximum atomic E-state index is 12.4. The monoisotopic (exact) mass is 352 g/mol. The van der Waals surface area contributed by atoms with Crippen molar-refractivity contribution in [1.82, 2.24) is 9.80 Å². The molecule has 0 aromatic carbocycles. The summed E-state index contributed by atoms with van der Waals surface area (Å²) in [6.07, 6.45) is -2.68. The molecule has 132 valence electrons. The van der Waals surface area contributed by atoms with Crippen molar-refractivity contribution in [3.05, 3.63) is 0 Å². The lowest BCUT2D eigenvalue weighted by molar-refractivity contribution is -0.142. The summed E-state index contributed by atoms with van der Waals surface area (Å²) in [6.45, 7) is -0.0427. The lowest BCUT2D eigenvalue weighted by atomic mass is 10.2. The van der Waals surface area contributed by atoms with Crippen LogP contribution in [0.3, 0.4) is 0 Å². The molecule has 2 fully saturated rings. The molecule has 0 saturated carbocycles. The van der Waals surface area contributed by atoms with Crippen molar-refractivity contribution in [1.29, 1.82) is 0 Å². The first-order valence-corrected chi connectivity index (χ1v) is 9.23. The second-order valence-corrected chi connectivity index (χ2v) is 8.42. The number of carbonyl (C=O) groups is 2. The summed E-state index contributed by atoms with van der Waals surface area (Å²) < 4.78 is 12.4. The van der Waals surface area contributed by atoms with E-state index in [0.29, 0.717) is 0 Å². The van der Waals surface area contributed by atoms with E-state index in [1.165, 1.54) is 9.80 Å². The molecule has 5 N–H and O–H groups in total. The Labute approximate surface area is 132 Å². The average molecular weight is 352 g/mol. The number of hydrogen-bond acceptors (Lipinski definition) is 7. The molecule has 0 aromatic rings. The van der Waals surface area contributed by atoms with Gasteiger partial charge in [0, 0.05) is 25.9 Å². The highest BCUT2D eigenvalue weighted by molar-refractivity contribution is 7.57. The molecule has 0 aromatic heterocycles. The number of carboxylic acids is 2. The molecule has 2 aliphatic heterocycles. The minimum Gasteiger partial charge on any atom is -0.480 e. The topological polar surface area (TPSA) is 159 Å². The molecule has 0 aliphatic carbocycles. The van der Waals surface area contributed by atoms with Crippen molar-refractivity contribution in [3.8, 4) is 0 Å². The highest BCUT2D eigenvalue weighted by Gasteiger charge is 2.43. The van der Waals surface area contributed by atoms with E-state index in [4.69, 9.17) is 10.2 Å². The van der Waals surface area contributed by atoms with Crippen molar-refractivity contribution in [2.75, 3.05) is 25.7 Å². The van der Waals surface area contributed by atoms with Gasteiger partial charge in [-0.05, 0) is 0 Å². The molecule has 0 radical (unpaired) electrons. The predicted octanol–water partition coefficient (Wildman–Crippen LogP) is -1.79. The Bertz CT molecular complexity index is 487. The Morgan fingerprint density at radius 1 is 0.913 bits per heavy atom. The van der Waals surface area contributed by atoms with Crippen LogP contribution in [0.5, 0.6) is 0 Å². The molecule has 23 heavy (non-hydrogen) atoms. The molecule has 2 aliphatic rings. The van der Waals surface area contributed by atoms with Gasteiger partial charge in [0.2, 0.25) is 7.37 Å². The number of carboxylic acid groups (broad SMARTS) is 2. The van der Waals surface area contributed by atoms with E-state index < -0.39 is 56.2 Å². The molecule has 11 heteroatoms. The van der Waals surface area contributed by atoms with Gasteiger partial charge in [-0.3, -0.25) is 24.0 Å². The third-order valence-corrected chi connectivity index (χ3v) is 5.75. The Morgan fingerprint density at radius 3 is 1.57 bits per heavy atom. The molecular weight excluding hydrogens is 331 g/mol. The minimum atomic E-state index is -3.90. The van der Waals surface area contributed by atoms with E-state index in [2.05, 4.69) is 0 Å². The van der Waals surface area contributed by atoms with Gasteiger partial charge in [0.25, 0.3) is 0 Å². The number of aliphatic hydroxyl groups is 2. The van der Waals surface area contributed by atoms with Gasteiger partial charge in [-0.25, -0.2) is 0 Å². The summed E-state index contributed by atoms with van der Waals surface area (Å²) in [7, 11) is -3.90. The van der Waals surface area contributed by atoms with Crippen molar-refractivity contribution in [2.24, 2.45) is 0 Å². The number of hydrogen-bond donors (Lipinski definition) is 5. The summed E-state index contributed by atoms with van der Waals surface area (Å²) in [5.74, 6) is -2.36. The Morgan fingerprint density at radius 2 is 1.26 bits per heavy atom. The molecule has 2 heterocycles. The third kappa shape index (κ3) is 4.50. The van der Waals surface area contributed by atoms with E-state index in [0.717, 1.165) is 0 Å². The molecule has 0 bridgehead atoms. The van der Waals surface area contributed by atoms with Gasteiger partial charge >= 0.3 is 11.9 Å². The van der Waals surface area contributed by atoms with Gasteiger partial charge < -0.3 is 25.3 Å². The maximum Gasteiger partial charge on any atom is 0.321 e. The first kappa shape index (κ1) is 18.3. The molecule has 4 atom stereocenters. The Hall–Kier alpha value is -1.03. The number of likely N-dealkylation sites (tertiary alicyclic amines) is 2. The van der Waals surface area contributed by atoms with Gasteiger partial charge in [0.15, 0.2) is 0 Å². The number of nitrogens with zero attached hydrogens (tertiary/aromatic N) is 2. The normalized spacial score (nSPS) is 33.2. The van der Waals surface area contributed by atoms with Crippen LogP contribution in [0.4, 0.5) is 0 Å². The van der Waals surface area contributed by atoms with Crippen LogP contribution in [0, 0.1) is 0 Å². The SMILES string of the molecule is O=C(O)[C@H]1C[C@H](O)CN1CP(=O)(O)CN1C[C@@H](O)C[C@@H]1C(=O)O. The zero-order valence-corrected chi connectivity index (χ0v) is 13.2. The fourth-order valence-electron chi connectivity index (χ4n) is 3.20. The Kier molecular flexibility index (Phi) is 5.44. The summed E-state index contributed by atoms with van der Waals surface area (Å²) in [6, 6.07) is -2.07. The van der Waals surface area contributed by atoms with Crippen molar-refractivity contribution in [2.45, 2.75) is 37.1 Å². The van der Waals surface area contributed by atoms with Crippen molar-refractivity contribution >= 4 is 19.3 Å². The zero-order valence-electron chi connectivity index (χ0n) is 12.4. The Balaban J connectivity index is 2.02. The summed E-state index contributed by atoms with van der Waals surface area (Å²) in [4.78, 5) is 34.8. The second-order valence-electron chi connectivity index (χ2n) is 6.16. The van der Waals surface area contributed by atoms with Gasteiger partial charge in [0.05, 0.1) is 24.8 Å². The van der Waals surface area contributed by atoms with E-state index in [9.17, 15) is 29.3 Å². The molecule has 0 spiro atoms. The first-order valence-electron chi connectivity index (χ1n) is 7.20. The molecule has 2 rings (SSSR count). The number of rotatable bonds is 6. The molecule has 0 unspecified atom stereocenters. The highest BCUT2D eigenvalue weighted by atomic mass is 31.2. The predicted molar refractivity (Wildman–Crippen MR) is 77.1 cm³/mol. The van der Waals surface area contributed by atoms with Gasteiger partial charge in [-0.15, -0.1) is 0 Å². The zero-order chi connectivity index (χ0) is 17.4. The van der Waals surface area contributed by atoms with Crippen LogP contribution in [0.25, 0.3) is 0 Å². The highest BCUT2D eigenvalue weighted by Crippen LogP contribution is 2.45. The molecular formula is C12H21N2O8P. The van der Waals surface area contributed by atoms with Crippen molar-refractivity contribution < 1.29 is 39.5 Å². The smallest absolute Gasteiger partial charge is 0.321 e. The summed E-state index contributed by atoms with van der Waals surface area (Å²) in [5.41, 5.74) is 0. The number of aliphatic hydroxyl groups excluding tert-OH is 2. The molecule has 10 nitrogen and oxygen atoms in total. The fourth-order valence-corrected chi connectivity index (χ4v) is 5.05. The van der Waals surface area contributed by atoms with Crippen LogP contribution in [0.1, 0.15) is 12.8 Å². The third-order valence-electron chi connectivity index (χ3n) is 4.14. The van der Waals surface area contributed by atoms with E-state index in [1.807, 2.05) is 0 Å². The molecule has 2 saturated heterocycles. The molecule has 0 amide bonds. The second kappa shape index (κ2) is 6.84. The van der Waals surface area contributed by atoms with Crippen LogP contribution in [-0.4, -0.2) is 97.0 Å². The lowest BCUT2D eigenvalue weighted by Gasteiger charge is -2.28. The van der Waals surface area contributed by atoms with Gasteiger partial charge in [-0.1, -0.05) is 0 Å². The van der Waals surface area contributed by atoms with Crippen molar-refractivity contribution in [3.63, 3.8) is 0 Å². The van der Waals surface area contributed by atoms with Crippen LogP contribution < -0.4 is 0 Å². The van der Waals surface area contributed by atoms with Gasteiger partial charge in [-0.2, -0.15) is 0 Å².